The number of rotatable bonds is 2. The molecule has 3 rings (SSSR count). The molecule has 0 amide bonds. The second-order valence-electron chi connectivity index (χ2n) is 5.25. The molecular weight excluding hydrogens is 298 g/mol. The molecule has 3 aromatic carbocycles. The molecule has 0 unspecified atom stereocenters. The van der Waals surface area contributed by atoms with Crippen molar-refractivity contribution in [2.75, 3.05) is 5.73 Å². The fourth-order valence-electron chi connectivity index (χ4n) is 2.56. The molecule has 0 aliphatic rings. The van der Waals surface area contributed by atoms with Gasteiger partial charge < -0.3 is 5.73 Å². The number of hydrogen-bond acceptors (Lipinski definition) is 3. The van der Waals surface area contributed by atoms with Gasteiger partial charge in [-0.3, -0.25) is 4.55 Å². The van der Waals surface area contributed by atoms with Gasteiger partial charge in [0.2, 0.25) is 0 Å². The van der Waals surface area contributed by atoms with Crippen LogP contribution in [0.4, 0.5) is 5.69 Å². The standard InChI is InChI=1S/C17H15NO3S/c1-11-5-8-17(18)16(9-11)15-4-2-3-12-10-13(22(19,20)21)6-7-14(12)15/h2-10H,18H2,1H3,(H,19,20,21). The third-order valence-electron chi connectivity index (χ3n) is 3.65. The van der Waals surface area contributed by atoms with Gasteiger partial charge in [-0.25, -0.2) is 0 Å². The smallest absolute Gasteiger partial charge is 0.294 e. The summed E-state index contributed by atoms with van der Waals surface area (Å²) in [6.07, 6.45) is 0. The van der Waals surface area contributed by atoms with Crippen molar-refractivity contribution >= 4 is 26.6 Å². The first-order valence-corrected chi connectivity index (χ1v) is 8.17. The molecule has 0 atom stereocenters. The van der Waals surface area contributed by atoms with Gasteiger partial charge in [0.25, 0.3) is 10.1 Å². The summed E-state index contributed by atoms with van der Waals surface area (Å²) in [6.45, 7) is 1.99. The van der Waals surface area contributed by atoms with Gasteiger partial charge in [0.1, 0.15) is 0 Å². The van der Waals surface area contributed by atoms with E-state index in [1.807, 2.05) is 37.3 Å². The Hall–Kier alpha value is -2.37. The Balaban J connectivity index is 2.30. The first-order chi connectivity index (χ1) is 10.4. The maximum Gasteiger partial charge on any atom is 0.294 e. The van der Waals surface area contributed by atoms with E-state index in [9.17, 15) is 8.42 Å². The minimum atomic E-state index is -4.21. The SMILES string of the molecule is Cc1ccc(N)c(-c2cccc3cc(S(=O)(=O)O)ccc23)c1. The van der Waals surface area contributed by atoms with Crippen molar-refractivity contribution in [2.24, 2.45) is 0 Å². The number of anilines is 1. The number of nitrogen functional groups attached to an aromatic ring is 1. The highest BCUT2D eigenvalue weighted by Crippen LogP contribution is 2.33. The van der Waals surface area contributed by atoms with Crippen molar-refractivity contribution in [1.29, 1.82) is 0 Å². The van der Waals surface area contributed by atoms with Crippen LogP contribution in [-0.4, -0.2) is 13.0 Å². The maximum absolute atomic E-state index is 11.3. The van der Waals surface area contributed by atoms with E-state index in [-0.39, 0.29) is 4.90 Å². The number of aryl methyl sites for hydroxylation is 1. The molecule has 22 heavy (non-hydrogen) atoms. The highest BCUT2D eigenvalue weighted by molar-refractivity contribution is 7.85. The molecule has 0 aliphatic carbocycles. The first-order valence-electron chi connectivity index (χ1n) is 6.73. The average Bonchev–Trinajstić information content (AvgIpc) is 2.48. The molecule has 0 aromatic heterocycles. The lowest BCUT2D eigenvalue weighted by Crippen LogP contribution is -1.98. The number of hydrogen-bond donors (Lipinski definition) is 2. The fourth-order valence-corrected chi connectivity index (χ4v) is 3.08. The normalized spacial score (nSPS) is 11.7. The lowest BCUT2D eigenvalue weighted by molar-refractivity contribution is 0.483. The Morgan fingerprint density at radius 1 is 0.955 bits per heavy atom. The van der Waals surface area contributed by atoms with Gasteiger partial charge in [-0.15, -0.1) is 0 Å². The van der Waals surface area contributed by atoms with Crippen LogP contribution in [0.15, 0.2) is 59.5 Å². The van der Waals surface area contributed by atoms with E-state index in [2.05, 4.69) is 0 Å². The van der Waals surface area contributed by atoms with Crippen LogP contribution in [0.5, 0.6) is 0 Å². The number of fused-ring (bicyclic) bond motifs is 1. The summed E-state index contributed by atoms with van der Waals surface area (Å²) >= 11 is 0. The number of benzene rings is 3. The van der Waals surface area contributed by atoms with Gasteiger partial charge >= 0.3 is 0 Å². The van der Waals surface area contributed by atoms with Crippen molar-refractivity contribution in [2.45, 2.75) is 11.8 Å². The Bertz CT molecular complexity index is 978. The molecule has 0 heterocycles. The van der Waals surface area contributed by atoms with Crippen LogP contribution in [0.2, 0.25) is 0 Å². The zero-order valence-electron chi connectivity index (χ0n) is 11.9. The predicted octanol–water partition coefficient (Wildman–Crippen LogP) is 3.64. The largest absolute Gasteiger partial charge is 0.398 e. The van der Waals surface area contributed by atoms with Crippen LogP contribution in [0.25, 0.3) is 21.9 Å². The summed E-state index contributed by atoms with van der Waals surface area (Å²) in [4.78, 5) is -0.116. The maximum atomic E-state index is 11.3. The van der Waals surface area contributed by atoms with Crippen molar-refractivity contribution in [3.8, 4) is 11.1 Å². The van der Waals surface area contributed by atoms with Crippen LogP contribution < -0.4 is 5.73 Å². The summed E-state index contributed by atoms with van der Waals surface area (Å²) in [6, 6.07) is 15.9. The molecular formula is C17H15NO3S. The minimum absolute atomic E-state index is 0.116. The molecule has 0 saturated heterocycles. The monoisotopic (exact) mass is 313 g/mol. The Morgan fingerprint density at radius 2 is 1.73 bits per heavy atom. The summed E-state index contributed by atoms with van der Waals surface area (Å²) in [5.41, 5.74) is 9.67. The molecule has 4 nitrogen and oxygen atoms in total. The van der Waals surface area contributed by atoms with Crippen LogP contribution in [0, 0.1) is 6.92 Å². The van der Waals surface area contributed by atoms with E-state index in [1.54, 1.807) is 12.1 Å². The molecule has 0 saturated carbocycles. The van der Waals surface area contributed by atoms with Gasteiger partial charge in [0.15, 0.2) is 0 Å². The second kappa shape index (κ2) is 5.12. The third-order valence-corrected chi connectivity index (χ3v) is 4.50. The van der Waals surface area contributed by atoms with E-state index < -0.39 is 10.1 Å². The molecule has 0 radical (unpaired) electrons. The van der Waals surface area contributed by atoms with Crippen molar-refractivity contribution < 1.29 is 13.0 Å². The summed E-state index contributed by atoms with van der Waals surface area (Å²) in [7, 11) is -4.21. The summed E-state index contributed by atoms with van der Waals surface area (Å²) in [5, 5.41) is 1.61. The van der Waals surface area contributed by atoms with Crippen molar-refractivity contribution in [3.05, 3.63) is 60.2 Å². The van der Waals surface area contributed by atoms with Crippen LogP contribution in [-0.2, 0) is 10.1 Å². The zero-order valence-corrected chi connectivity index (χ0v) is 12.8. The van der Waals surface area contributed by atoms with Crippen LogP contribution in [0.3, 0.4) is 0 Å². The summed E-state index contributed by atoms with van der Waals surface area (Å²) < 4.78 is 31.7. The van der Waals surface area contributed by atoms with E-state index in [0.29, 0.717) is 5.69 Å². The minimum Gasteiger partial charge on any atom is -0.398 e. The second-order valence-corrected chi connectivity index (χ2v) is 6.68. The Morgan fingerprint density at radius 3 is 2.45 bits per heavy atom. The average molecular weight is 313 g/mol. The van der Waals surface area contributed by atoms with Gasteiger partial charge in [0, 0.05) is 11.3 Å². The van der Waals surface area contributed by atoms with Gasteiger partial charge in [0.05, 0.1) is 4.90 Å². The van der Waals surface area contributed by atoms with Gasteiger partial charge in [-0.05, 0) is 47.5 Å². The van der Waals surface area contributed by atoms with Crippen LogP contribution >= 0.6 is 0 Å². The van der Waals surface area contributed by atoms with Gasteiger partial charge in [-0.2, -0.15) is 8.42 Å². The fraction of sp³-hybridized carbons (Fsp3) is 0.0588. The summed E-state index contributed by atoms with van der Waals surface area (Å²) in [5.74, 6) is 0. The molecule has 0 aliphatic heterocycles. The van der Waals surface area contributed by atoms with Crippen molar-refractivity contribution in [3.63, 3.8) is 0 Å². The predicted molar refractivity (Wildman–Crippen MR) is 88.3 cm³/mol. The van der Waals surface area contributed by atoms with Crippen LogP contribution in [0.1, 0.15) is 5.56 Å². The Kier molecular flexibility index (Phi) is 3.39. The topological polar surface area (TPSA) is 80.4 Å². The molecule has 112 valence electrons. The lowest BCUT2D eigenvalue weighted by Gasteiger charge is -2.11. The van der Waals surface area contributed by atoms with Crippen molar-refractivity contribution in [1.82, 2.24) is 0 Å². The lowest BCUT2D eigenvalue weighted by atomic mass is 9.96. The molecule has 3 N–H and O–H groups in total. The first kappa shape index (κ1) is 14.6. The molecule has 0 fully saturated rings. The quantitative estimate of drug-likeness (QED) is 0.559. The van der Waals surface area contributed by atoms with E-state index >= 15 is 0 Å². The van der Waals surface area contributed by atoms with Gasteiger partial charge in [-0.1, -0.05) is 35.9 Å². The third kappa shape index (κ3) is 2.56. The van der Waals surface area contributed by atoms with E-state index in [0.717, 1.165) is 27.5 Å². The molecule has 5 heteroatoms. The number of nitrogens with two attached hydrogens (primary N) is 1. The highest BCUT2D eigenvalue weighted by atomic mass is 32.2. The van der Waals surface area contributed by atoms with E-state index in [1.165, 1.54) is 12.1 Å². The molecule has 0 spiro atoms. The van der Waals surface area contributed by atoms with E-state index in [4.69, 9.17) is 10.3 Å². The Labute approximate surface area is 129 Å². The highest BCUT2D eigenvalue weighted by Gasteiger charge is 2.12. The molecule has 3 aromatic rings. The molecule has 0 bridgehead atoms. The zero-order chi connectivity index (χ0) is 15.9.